The Hall–Kier alpha value is -2.43. The fourth-order valence-electron chi connectivity index (χ4n) is 10.3. The number of piperazine rings is 1. The summed E-state index contributed by atoms with van der Waals surface area (Å²) in [5.41, 5.74) is -1.12. The second-order valence-corrected chi connectivity index (χ2v) is 15.0. The molecule has 10 heteroatoms. The van der Waals surface area contributed by atoms with Crippen molar-refractivity contribution >= 4 is 12.1 Å². The number of fused-ring (bicyclic) bond motifs is 5. The van der Waals surface area contributed by atoms with Gasteiger partial charge in [0.15, 0.2) is 0 Å². The van der Waals surface area contributed by atoms with Gasteiger partial charge in [0.2, 0.25) is 0 Å². The molecule has 0 spiro atoms. The highest BCUT2D eigenvalue weighted by Gasteiger charge is 2.70. The van der Waals surface area contributed by atoms with Crippen LogP contribution in [0.15, 0.2) is 27.6 Å². The van der Waals surface area contributed by atoms with E-state index in [-0.39, 0.29) is 35.4 Å². The molecular weight excluding hydrogens is 562 g/mol. The van der Waals surface area contributed by atoms with Crippen LogP contribution in [0.1, 0.15) is 83.6 Å². The van der Waals surface area contributed by atoms with Crippen LogP contribution in [-0.2, 0) is 14.3 Å². The van der Waals surface area contributed by atoms with Crippen LogP contribution in [0.2, 0.25) is 0 Å². The molecule has 244 valence electrons. The van der Waals surface area contributed by atoms with Crippen LogP contribution in [0.3, 0.4) is 0 Å². The van der Waals surface area contributed by atoms with Gasteiger partial charge in [0.1, 0.15) is 12.2 Å². The van der Waals surface area contributed by atoms with Crippen molar-refractivity contribution in [2.75, 3.05) is 46.3 Å². The maximum Gasteiger partial charge on any atom is 0.407 e. The van der Waals surface area contributed by atoms with Crippen LogP contribution in [-0.4, -0.2) is 91.1 Å². The average molecular weight is 614 g/mol. The number of alkyl carbamates (subject to hydrolysis) is 1. The van der Waals surface area contributed by atoms with Crippen molar-refractivity contribution in [1.29, 1.82) is 0 Å². The number of aliphatic hydroxyl groups is 1. The molecule has 2 N–H and O–H groups in total. The first-order valence-corrected chi connectivity index (χ1v) is 16.8. The molecule has 44 heavy (non-hydrogen) atoms. The maximum absolute atomic E-state index is 12.7. The number of hydrogen-bond donors (Lipinski definition) is 2. The quantitative estimate of drug-likeness (QED) is 0.462. The molecule has 4 aliphatic carbocycles. The highest BCUT2D eigenvalue weighted by Crippen LogP contribution is 2.71. The zero-order valence-electron chi connectivity index (χ0n) is 26.9. The minimum absolute atomic E-state index is 0.0479. The molecule has 1 saturated heterocycles. The van der Waals surface area contributed by atoms with Crippen LogP contribution < -0.4 is 10.9 Å². The van der Waals surface area contributed by atoms with E-state index in [1.807, 2.05) is 0 Å². The summed E-state index contributed by atoms with van der Waals surface area (Å²) in [6.45, 7) is 11.6. The summed E-state index contributed by atoms with van der Waals surface area (Å²) in [4.78, 5) is 41.3. The summed E-state index contributed by atoms with van der Waals surface area (Å²) >= 11 is 0. The summed E-state index contributed by atoms with van der Waals surface area (Å²) < 4.78 is 17.1. The Kier molecular flexibility index (Phi) is 8.65. The number of amides is 1. The molecule has 0 aromatic carbocycles. The van der Waals surface area contributed by atoms with Gasteiger partial charge in [-0.25, -0.2) is 9.59 Å². The molecule has 4 saturated carbocycles. The van der Waals surface area contributed by atoms with Crippen molar-refractivity contribution in [3.63, 3.8) is 0 Å². The lowest BCUT2D eigenvalue weighted by atomic mass is 9.43. The van der Waals surface area contributed by atoms with E-state index >= 15 is 0 Å². The Balaban J connectivity index is 1.11. The van der Waals surface area contributed by atoms with E-state index in [9.17, 15) is 19.5 Å². The predicted molar refractivity (Wildman–Crippen MR) is 164 cm³/mol. The summed E-state index contributed by atoms with van der Waals surface area (Å²) in [6, 6.07) is 3.17. The van der Waals surface area contributed by atoms with Crippen LogP contribution in [0.5, 0.6) is 0 Å². The number of nitrogens with one attached hydrogen (secondary N) is 1. The average Bonchev–Trinajstić information content (AvgIpc) is 3.20. The molecule has 0 bridgehead atoms. The highest BCUT2D eigenvalue weighted by atomic mass is 16.6. The van der Waals surface area contributed by atoms with Gasteiger partial charge in [-0.1, -0.05) is 13.8 Å². The first kappa shape index (κ1) is 31.5. The predicted octanol–water partition coefficient (Wildman–Crippen LogP) is 3.76. The molecule has 9 unspecified atom stereocenters. The lowest BCUT2D eigenvalue weighted by Gasteiger charge is -2.63. The molecule has 5 fully saturated rings. The van der Waals surface area contributed by atoms with E-state index in [0.29, 0.717) is 24.8 Å². The second kappa shape index (κ2) is 12.1. The van der Waals surface area contributed by atoms with Crippen molar-refractivity contribution in [2.45, 2.75) is 95.9 Å². The molecule has 2 heterocycles. The molecule has 5 aliphatic rings. The number of hydrogen-bond acceptors (Lipinski definition) is 9. The van der Waals surface area contributed by atoms with Crippen molar-refractivity contribution in [3.8, 4) is 0 Å². The van der Waals surface area contributed by atoms with Crippen molar-refractivity contribution in [1.82, 2.24) is 15.1 Å². The largest absolute Gasteiger partial charge is 0.462 e. The number of rotatable bonds is 6. The van der Waals surface area contributed by atoms with E-state index in [1.54, 1.807) is 6.07 Å². The standard InChI is InChI=1S/C34H51N3O7/c1-22(38)43-28-20-34(41)27-7-6-24-19-25(44-31(40)35-13-14-37-17-15-36(4)16-18-37)9-11-32(24,2)26(27)10-12-33(34,3)30(28)23-5-8-29(39)42-21-23/h5,8,21,24-28,30,41H,6-7,9-20H2,1-4H3,(H,35,40). The Labute approximate surface area is 260 Å². The van der Waals surface area contributed by atoms with Gasteiger partial charge in [-0.3, -0.25) is 9.69 Å². The zero-order valence-corrected chi connectivity index (χ0v) is 26.9. The van der Waals surface area contributed by atoms with Crippen molar-refractivity contribution < 1.29 is 28.6 Å². The molecule has 0 radical (unpaired) electrons. The van der Waals surface area contributed by atoms with Crippen LogP contribution in [0.25, 0.3) is 0 Å². The van der Waals surface area contributed by atoms with Gasteiger partial charge >= 0.3 is 17.7 Å². The second-order valence-electron chi connectivity index (χ2n) is 15.0. The monoisotopic (exact) mass is 613 g/mol. The smallest absolute Gasteiger partial charge is 0.407 e. The Morgan fingerprint density at radius 2 is 1.82 bits per heavy atom. The lowest BCUT2D eigenvalue weighted by molar-refractivity contribution is -0.205. The molecule has 1 amide bonds. The topological polar surface area (TPSA) is 122 Å². The van der Waals surface area contributed by atoms with Gasteiger partial charge in [-0.05, 0) is 86.8 Å². The minimum atomic E-state index is -1.01. The molecular formula is C34H51N3O7. The number of esters is 1. The van der Waals surface area contributed by atoms with E-state index in [0.717, 1.165) is 83.2 Å². The van der Waals surface area contributed by atoms with E-state index in [2.05, 4.69) is 36.0 Å². The SMILES string of the molecule is CC(=O)OC1CC2(O)C3CCC4CC(OC(=O)NCCN5CCN(C)CC5)CCC4(C)C3CCC2(C)C1c1ccc(=O)oc1. The third-order valence-corrected chi connectivity index (χ3v) is 12.8. The Bertz CT molecular complexity index is 1260. The fourth-order valence-corrected chi connectivity index (χ4v) is 10.3. The Morgan fingerprint density at radius 3 is 2.52 bits per heavy atom. The van der Waals surface area contributed by atoms with Gasteiger partial charge in [0.25, 0.3) is 0 Å². The van der Waals surface area contributed by atoms with Gasteiger partial charge < -0.3 is 29.2 Å². The molecule has 6 rings (SSSR count). The summed E-state index contributed by atoms with van der Waals surface area (Å²) in [5.74, 6) is 0.224. The summed E-state index contributed by atoms with van der Waals surface area (Å²) in [6.07, 6.45) is 7.29. The number of ether oxygens (including phenoxy) is 2. The number of carbonyl (C=O) groups is 2. The number of carbonyl (C=O) groups excluding carboxylic acids is 2. The maximum atomic E-state index is 12.7. The van der Waals surface area contributed by atoms with Crippen LogP contribution >= 0.6 is 0 Å². The van der Waals surface area contributed by atoms with E-state index < -0.39 is 22.7 Å². The van der Waals surface area contributed by atoms with Crippen molar-refractivity contribution in [3.05, 3.63) is 34.4 Å². The number of nitrogens with zero attached hydrogens (tertiary/aromatic N) is 2. The fraction of sp³-hybridized carbons (Fsp3) is 0.794. The zero-order chi connectivity index (χ0) is 31.3. The molecule has 1 aromatic heterocycles. The molecule has 9 atom stereocenters. The normalized spacial score (nSPS) is 40.8. The highest BCUT2D eigenvalue weighted by molar-refractivity contribution is 5.67. The van der Waals surface area contributed by atoms with Gasteiger partial charge in [-0.2, -0.15) is 0 Å². The van der Waals surface area contributed by atoms with E-state index in [4.69, 9.17) is 13.9 Å². The molecule has 1 aliphatic heterocycles. The number of likely N-dealkylation sites (N-methyl/N-ethyl adjacent to an activating group) is 1. The Morgan fingerprint density at radius 1 is 1.05 bits per heavy atom. The summed E-state index contributed by atoms with van der Waals surface area (Å²) in [7, 11) is 2.14. The third-order valence-electron chi connectivity index (χ3n) is 12.8. The van der Waals surface area contributed by atoms with Gasteiger partial charge in [0.05, 0.1) is 11.9 Å². The first-order chi connectivity index (χ1) is 20.9. The molecule has 1 aromatic rings. The first-order valence-electron chi connectivity index (χ1n) is 16.8. The van der Waals surface area contributed by atoms with Gasteiger partial charge in [-0.15, -0.1) is 0 Å². The van der Waals surface area contributed by atoms with Crippen LogP contribution in [0.4, 0.5) is 4.79 Å². The van der Waals surface area contributed by atoms with E-state index in [1.165, 1.54) is 19.3 Å². The minimum Gasteiger partial charge on any atom is -0.462 e. The van der Waals surface area contributed by atoms with Gasteiger partial charge in [0, 0.05) is 70.0 Å². The lowest BCUT2D eigenvalue weighted by Crippen LogP contribution is -2.62. The molecule has 10 nitrogen and oxygen atoms in total. The van der Waals surface area contributed by atoms with Crippen LogP contribution in [0, 0.1) is 28.6 Å². The third kappa shape index (κ3) is 5.60. The van der Waals surface area contributed by atoms with Crippen molar-refractivity contribution in [2.24, 2.45) is 28.6 Å². The summed E-state index contributed by atoms with van der Waals surface area (Å²) in [5, 5.41) is 15.7.